The van der Waals surface area contributed by atoms with Crippen LogP contribution in [0.1, 0.15) is 15.9 Å². The molecule has 1 amide bonds. The molecule has 0 aliphatic carbocycles. The summed E-state index contributed by atoms with van der Waals surface area (Å²) in [7, 11) is 1.24. The van der Waals surface area contributed by atoms with Crippen molar-refractivity contribution in [2.75, 3.05) is 12.4 Å². The number of esters is 1. The van der Waals surface area contributed by atoms with E-state index in [1.165, 1.54) is 31.4 Å². The normalized spacial score (nSPS) is 9.91. The average molecular weight is 303 g/mol. The first-order chi connectivity index (χ1) is 10.6. The third-order valence-corrected chi connectivity index (χ3v) is 2.85. The van der Waals surface area contributed by atoms with E-state index in [1.54, 1.807) is 24.3 Å². The number of methoxy groups -OCH3 is 1. The number of carbonyl (C=O) groups excluding carboxylic acids is 2. The van der Waals surface area contributed by atoms with Crippen molar-refractivity contribution in [1.82, 2.24) is 0 Å². The number of anilines is 1. The minimum Gasteiger partial charge on any atom is -0.457 e. The molecule has 0 saturated heterocycles. The summed E-state index contributed by atoms with van der Waals surface area (Å²) in [6, 6.07) is 12.2. The van der Waals surface area contributed by atoms with Gasteiger partial charge in [0.1, 0.15) is 12.4 Å². The highest BCUT2D eigenvalue weighted by Gasteiger charge is 2.10. The summed E-state index contributed by atoms with van der Waals surface area (Å²) in [5, 5.41) is 2.44. The summed E-state index contributed by atoms with van der Waals surface area (Å²) in [6.45, 7) is -0.167. The summed E-state index contributed by atoms with van der Waals surface area (Å²) in [5.74, 6) is -1.05. The molecule has 0 fully saturated rings. The molecule has 1 N–H and O–H groups in total. The number of ether oxygens (including phenoxy) is 2. The molecule has 0 bridgehead atoms. The molecule has 0 aliphatic rings. The van der Waals surface area contributed by atoms with Gasteiger partial charge in [-0.1, -0.05) is 24.3 Å². The molecule has 114 valence electrons. The van der Waals surface area contributed by atoms with Crippen LogP contribution in [0, 0.1) is 5.82 Å². The van der Waals surface area contributed by atoms with E-state index in [0.717, 1.165) is 0 Å². The number of rotatable bonds is 4. The van der Waals surface area contributed by atoms with E-state index in [2.05, 4.69) is 10.1 Å². The molecular formula is C16H14FNO4. The fourth-order valence-electron chi connectivity index (χ4n) is 1.73. The average Bonchev–Trinajstić information content (AvgIpc) is 2.54. The molecule has 0 saturated carbocycles. The lowest BCUT2D eigenvalue weighted by Crippen LogP contribution is -2.12. The maximum atomic E-state index is 13.4. The number of amides is 1. The van der Waals surface area contributed by atoms with E-state index in [-0.39, 0.29) is 12.2 Å². The Hall–Kier alpha value is -2.89. The molecule has 2 rings (SSSR count). The van der Waals surface area contributed by atoms with Crippen molar-refractivity contribution in [2.45, 2.75) is 6.61 Å². The Morgan fingerprint density at radius 2 is 1.91 bits per heavy atom. The fraction of sp³-hybridized carbons (Fsp3) is 0.125. The van der Waals surface area contributed by atoms with E-state index < -0.39 is 17.9 Å². The topological polar surface area (TPSA) is 64.6 Å². The lowest BCUT2D eigenvalue weighted by Gasteiger charge is -2.08. The Labute approximate surface area is 126 Å². The van der Waals surface area contributed by atoms with Gasteiger partial charge in [0.15, 0.2) is 0 Å². The zero-order valence-corrected chi connectivity index (χ0v) is 11.8. The lowest BCUT2D eigenvalue weighted by atomic mass is 10.2. The predicted octanol–water partition coefficient (Wildman–Crippen LogP) is 3.36. The third kappa shape index (κ3) is 4.05. The summed E-state index contributed by atoms with van der Waals surface area (Å²) in [4.78, 5) is 23.1. The number of halogens is 1. The summed E-state index contributed by atoms with van der Waals surface area (Å²) in [5.41, 5.74) is 0.928. The van der Waals surface area contributed by atoms with Crippen molar-refractivity contribution in [1.29, 1.82) is 0 Å². The zero-order valence-electron chi connectivity index (χ0n) is 11.8. The van der Waals surface area contributed by atoms with Gasteiger partial charge in [0.05, 0.1) is 12.7 Å². The highest BCUT2D eigenvalue weighted by atomic mass is 19.1. The fourth-order valence-corrected chi connectivity index (χ4v) is 1.73. The van der Waals surface area contributed by atoms with E-state index in [0.29, 0.717) is 11.3 Å². The van der Waals surface area contributed by atoms with Crippen LogP contribution in [-0.2, 0) is 16.1 Å². The molecule has 0 aromatic heterocycles. The van der Waals surface area contributed by atoms with Gasteiger partial charge in [-0.2, -0.15) is 0 Å². The van der Waals surface area contributed by atoms with Crippen LogP contribution in [-0.4, -0.2) is 19.2 Å². The highest BCUT2D eigenvalue weighted by molar-refractivity contribution is 5.92. The van der Waals surface area contributed by atoms with Crippen molar-refractivity contribution in [3.05, 3.63) is 65.5 Å². The van der Waals surface area contributed by atoms with Crippen LogP contribution < -0.4 is 5.32 Å². The van der Waals surface area contributed by atoms with Crippen LogP contribution in [0.25, 0.3) is 0 Å². The molecule has 6 heteroatoms. The maximum absolute atomic E-state index is 13.4. The Balaban J connectivity index is 2.02. The quantitative estimate of drug-likeness (QED) is 0.880. The van der Waals surface area contributed by atoms with Crippen LogP contribution in [0.15, 0.2) is 48.5 Å². The third-order valence-electron chi connectivity index (χ3n) is 2.85. The lowest BCUT2D eigenvalue weighted by molar-refractivity contribution is 0.0469. The van der Waals surface area contributed by atoms with Gasteiger partial charge < -0.3 is 9.47 Å². The number of benzene rings is 2. The Kier molecular flexibility index (Phi) is 5.08. The first kappa shape index (κ1) is 15.5. The molecule has 2 aromatic rings. The van der Waals surface area contributed by atoms with Gasteiger partial charge in [-0.3, -0.25) is 5.32 Å². The van der Waals surface area contributed by atoms with E-state index in [4.69, 9.17) is 4.74 Å². The predicted molar refractivity (Wildman–Crippen MR) is 78.0 cm³/mol. The smallest absolute Gasteiger partial charge is 0.411 e. The standard InChI is InChI=1S/C16H14FNO4/c1-21-16(20)18-13-7-4-6-11(9-13)15(19)22-10-12-5-2-3-8-14(12)17/h2-9H,10H2,1H3,(H,18,20). The molecule has 0 aliphatic heterocycles. The van der Waals surface area contributed by atoms with Crippen LogP contribution in [0.2, 0.25) is 0 Å². The van der Waals surface area contributed by atoms with E-state index in [1.807, 2.05) is 0 Å². The summed E-state index contributed by atoms with van der Waals surface area (Å²) < 4.78 is 23.0. The Morgan fingerprint density at radius 3 is 2.64 bits per heavy atom. The van der Waals surface area contributed by atoms with Gasteiger partial charge in [-0.05, 0) is 24.3 Å². The number of nitrogens with one attached hydrogen (secondary N) is 1. The van der Waals surface area contributed by atoms with Crippen LogP contribution in [0.4, 0.5) is 14.9 Å². The molecule has 0 heterocycles. The Morgan fingerprint density at radius 1 is 1.14 bits per heavy atom. The molecule has 22 heavy (non-hydrogen) atoms. The number of hydrogen-bond acceptors (Lipinski definition) is 4. The minimum atomic E-state index is -0.642. The maximum Gasteiger partial charge on any atom is 0.411 e. The van der Waals surface area contributed by atoms with E-state index in [9.17, 15) is 14.0 Å². The second-order valence-corrected chi connectivity index (χ2v) is 4.36. The van der Waals surface area contributed by atoms with Crippen LogP contribution >= 0.6 is 0 Å². The Bertz CT molecular complexity index is 687. The first-order valence-electron chi connectivity index (χ1n) is 6.45. The molecule has 5 nitrogen and oxygen atoms in total. The minimum absolute atomic E-state index is 0.167. The van der Waals surface area contributed by atoms with Crippen molar-refractivity contribution in [2.24, 2.45) is 0 Å². The van der Waals surface area contributed by atoms with Crippen molar-refractivity contribution in [3.8, 4) is 0 Å². The second-order valence-electron chi connectivity index (χ2n) is 4.36. The van der Waals surface area contributed by atoms with Crippen LogP contribution in [0.3, 0.4) is 0 Å². The summed E-state index contributed by atoms with van der Waals surface area (Å²) in [6.07, 6.45) is -0.642. The molecule has 0 unspecified atom stereocenters. The largest absolute Gasteiger partial charge is 0.457 e. The highest BCUT2D eigenvalue weighted by Crippen LogP contribution is 2.14. The number of hydrogen-bond donors (Lipinski definition) is 1. The van der Waals surface area contributed by atoms with Crippen molar-refractivity contribution < 1.29 is 23.5 Å². The van der Waals surface area contributed by atoms with Crippen molar-refractivity contribution >= 4 is 17.7 Å². The summed E-state index contributed by atoms with van der Waals surface area (Å²) >= 11 is 0. The molecule has 0 atom stereocenters. The van der Waals surface area contributed by atoms with Gasteiger partial charge in [0, 0.05) is 11.3 Å². The van der Waals surface area contributed by atoms with Gasteiger partial charge in [-0.25, -0.2) is 14.0 Å². The molecular weight excluding hydrogens is 289 g/mol. The monoisotopic (exact) mass is 303 g/mol. The SMILES string of the molecule is COC(=O)Nc1cccc(C(=O)OCc2ccccc2F)c1. The van der Waals surface area contributed by atoms with Gasteiger partial charge in [-0.15, -0.1) is 0 Å². The molecule has 0 radical (unpaired) electrons. The molecule has 2 aromatic carbocycles. The van der Waals surface area contributed by atoms with Gasteiger partial charge >= 0.3 is 12.1 Å². The number of carbonyl (C=O) groups is 2. The molecule has 0 spiro atoms. The first-order valence-corrected chi connectivity index (χ1v) is 6.45. The van der Waals surface area contributed by atoms with Crippen LogP contribution in [0.5, 0.6) is 0 Å². The van der Waals surface area contributed by atoms with Crippen molar-refractivity contribution in [3.63, 3.8) is 0 Å². The second kappa shape index (κ2) is 7.21. The zero-order chi connectivity index (χ0) is 15.9. The van der Waals surface area contributed by atoms with E-state index >= 15 is 0 Å². The van der Waals surface area contributed by atoms with Gasteiger partial charge in [0.2, 0.25) is 0 Å². The van der Waals surface area contributed by atoms with Gasteiger partial charge in [0.25, 0.3) is 0 Å².